The van der Waals surface area contributed by atoms with Crippen molar-refractivity contribution in [3.8, 4) is 0 Å². The van der Waals surface area contributed by atoms with E-state index in [4.69, 9.17) is 5.73 Å². The molecule has 0 aromatic heterocycles. The van der Waals surface area contributed by atoms with Crippen LogP contribution in [0.5, 0.6) is 0 Å². The van der Waals surface area contributed by atoms with Crippen LogP contribution in [0.25, 0.3) is 0 Å². The van der Waals surface area contributed by atoms with Gasteiger partial charge in [-0.1, -0.05) is 57.2 Å². The van der Waals surface area contributed by atoms with Gasteiger partial charge in [0.15, 0.2) is 0 Å². The molecular weight excluding hydrogens is 218 g/mol. The van der Waals surface area contributed by atoms with Crippen molar-refractivity contribution in [2.24, 2.45) is 0 Å². The lowest BCUT2D eigenvalue weighted by atomic mass is 9.78. The second kappa shape index (κ2) is 4.85. The Bertz CT molecular complexity index is 506. The molecule has 2 aromatic carbocycles. The Morgan fingerprint density at radius 1 is 0.833 bits per heavy atom. The molecule has 0 amide bonds. The highest BCUT2D eigenvalue weighted by Gasteiger charge is 2.22. The van der Waals surface area contributed by atoms with Gasteiger partial charge in [0.25, 0.3) is 0 Å². The largest absolute Gasteiger partial charge is 0.399 e. The van der Waals surface area contributed by atoms with Crippen LogP contribution < -0.4 is 5.73 Å². The first-order valence-electron chi connectivity index (χ1n) is 6.49. The summed E-state index contributed by atoms with van der Waals surface area (Å²) in [5.41, 5.74) is 10.6. The SMILES string of the molecule is CCc1ccc(C(C)(C)c2ccc(N)cc2)cc1. The Kier molecular flexibility index (Phi) is 3.42. The van der Waals surface area contributed by atoms with Gasteiger partial charge in [-0.15, -0.1) is 0 Å². The highest BCUT2D eigenvalue weighted by Crippen LogP contribution is 2.31. The van der Waals surface area contributed by atoms with E-state index in [9.17, 15) is 0 Å². The Morgan fingerprint density at radius 2 is 1.28 bits per heavy atom. The average molecular weight is 239 g/mol. The molecule has 18 heavy (non-hydrogen) atoms. The summed E-state index contributed by atoms with van der Waals surface area (Å²) in [5, 5.41) is 0. The predicted molar refractivity (Wildman–Crippen MR) is 78.8 cm³/mol. The molecule has 0 bridgehead atoms. The normalized spacial score (nSPS) is 11.5. The molecule has 0 saturated carbocycles. The fourth-order valence-electron chi connectivity index (χ4n) is 2.22. The molecule has 2 rings (SSSR count). The minimum absolute atomic E-state index is 0.0139. The van der Waals surface area contributed by atoms with E-state index in [1.165, 1.54) is 16.7 Å². The number of aryl methyl sites for hydroxylation is 1. The molecule has 2 aromatic rings. The van der Waals surface area contributed by atoms with Crippen molar-refractivity contribution < 1.29 is 0 Å². The van der Waals surface area contributed by atoms with Crippen molar-refractivity contribution >= 4 is 5.69 Å². The molecule has 0 aliphatic rings. The number of hydrogen-bond acceptors (Lipinski definition) is 1. The van der Waals surface area contributed by atoms with Gasteiger partial charge in [-0.25, -0.2) is 0 Å². The molecule has 0 heterocycles. The van der Waals surface area contributed by atoms with E-state index in [0.717, 1.165) is 12.1 Å². The smallest absolute Gasteiger partial charge is 0.0314 e. The lowest BCUT2D eigenvalue weighted by molar-refractivity contribution is 0.640. The summed E-state index contributed by atoms with van der Waals surface area (Å²) in [7, 11) is 0. The van der Waals surface area contributed by atoms with E-state index in [1.807, 2.05) is 12.1 Å². The average Bonchev–Trinajstić information content (AvgIpc) is 2.39. The molecule has 0 saturated heterocycles. The van der Waals surface area contributed by atoms with E-state index in [0.29, 0.717) is 0 Å². The summed E-state index contributed by atoms with van der Waals surface area (Å²) in [4.78, 5) is 0. The van der Waals surface area contributed by atoms with Crippen molar-refractivity contribution in [2.45, 2.75) is 32.6 Å². The lowest BCUT2D eigenvalue weighted by Gasteiger charge is -2.26. The van der Waals surface area contributed by atoms with Crippen molar-refractivity contribution in [1.29, 1.82) is 0 Å². The van der Waals surface area contributed by atoms with Crippen LogP contribution in [-0.2, 0) is 11.8 Å². The minimum Gasteiger partial charge on any atom is -0.399 e. The van der Waals surface area contributed by atoms with Gasteiger partial charge in [-0.05, 0) is 35.2 Å². The Hall–Kier alpha value is -1.76. The van der Waals surface area contributed by atoms with Crippen molar-refractivity contribution in [2.75, 3.05) is 5.73 Å². The molecule has 0 spiro atoms. The Labute approximate surface area is 110 Å². The Balaban J connectivity index is 2.37. The van der Waals surface area contributed by atoms with Gasteiger partial charge in [-0.2, -0.15) is 0 Å². The third kappa shape index (κ3) is 2.40. The fourth-order valence-corrected chi connectivity index (χ4v) is 2.22. The third-order valence-corrected chi connectivity index (χ3v) is 3.72. The zero-order valence-electron chi connectivity index (χ0n) is 11.4. The van der Waals surface area contributed by atoms with Crippen LogP contribution in [0.15, 0.2) is 48.5 Å². The van der Waals surface area contributed by atoms with Gasteiger partial charge in [0.05, 0.1) is 0 Å². The zero-order valence-corrected chi connectivity index (χ0v) is 11.4. The molecule has 1 heteroatoms. The Morgan fingerprint density at radius 3 is 1.72 bits per heavy atom. The summed E-state index contributed by atoms with van der Waals surface area (Å²) < 4.78 is 0. The molecule has 1 nitrogen and oxygen atoms in total. The van der Waals surface area contributed by atoms with Crippen LogP contribution in [0, 0.1) is 0 Å². The maximum absolute atomic E-state index is 5.75. The second-order valence-corrected chi connectivity index (χ2v) is 5.30. The molecule has 0 unspecified atom stereocenters. The first-order valence-corrected chi connectivity index (χ1v) is 6.49. The van der Waals surface area contributed by atoms with Crippen LogP contribution in [0.3, 0.4) is 0 Å². The summed E-state index contributed by atoms with van der Waals surface area (Å²) >= 11 is 0. The number of anilines is 1. The first kappa shape index (κ1) is 12.7. The van der Waals surface area contributed by atoms with E-state index in [2.05, 4.69) is 57.2 Å². The third-order valence-electron chi connectivity index (χ3n) is 3.72. The quantitative estimate of drug-likeness (QED) is 0.800. The predicted octanol–water partition coefficient (Wildman–Crippen LogP) is 4.16. The number of rotatable bonds is 3. The number of hydrogen-bond donors (Lipinski definition) is 1. The summed E-state index contributed by atoms with van der Waals surface area (Å²) in [6.45, 7) is 6.68. The van der Waals surface area contributed by atoms with Crippen LogP contribution >= 0.6 is 0 Å². The van der Waals surface area contributed by atoms with Gasteiger partial charge in [0.2, 0.25) is 0 Å². The van der Waals surface area contributed by atoms with Gasteiger partial charge >= 0.3 is 0 Å². The molecular formula is C17H21N. The van der Waals surface area contributed by atoms with E-state index >= 15 is 0 Å². The van der Waals surface area contributed by atoms with E-state index in [1.54, 1.807) is 0 Å². The maximum atomic E-state index is 5.75. The highest BCUT2D eigenvalue weighted by molar-refractivity contribution is 5.45. The van der Waals surface area contributed by atoms with E-state index < -0.39 is 0 Å². The van der Waals surface area contributed by atoms with Crippen LogP contribution in [0.1, 0.15) is 37.5 Å². The van der Waals surface area contributed by atoms with Gasteiger partial charge in [0, 0.05) is 11.1 Å². The second-order valence-electron chi connectivity index (χ2n) is 5.30. The monoisotopic (exact) mass is 239 g/mol. The van der Waals surface area contributed by atoms with Gasteiger partial charge in [0.1, 0.15) is 0 Å². The first-order chi connectivity index (χ1) is 8.54. The standard InChI is InChI=1S/C17H21N/c1-4-13-5-7-14(8-6-13)17(2,3)15-9-11-16(18)12-10-15/h5-12H,4,18H2,1-3H3. The van der Waals surface area contributed by atoms with Crippen molar-refractivity contribution in [3.05, 3.63) is 65.2 Å². The van der Waals surface area contributed by atoms with Crippen LogP contribution in [-0.4, -0.2) is 0 Å². The maximum Gasteiger partial charge on any atom is 0.0314 e. The summed E-state index contributed by atoms with van der Waals surface area (Å²) in [6, 6.07) is 17.1. The summed E-state index contributed by atoms with van der Waals surface area (Å²) in [5.74, 6) is 0. The topological polar surface area (TPSA) is 26.0 Å². The molecule has 94 valence electrons. The zero-order chi connectivity index (χ0) is 13.2. The molecule has 0 aliphatic heterocycles. The van der Waals surface area contributed by atoms with Crippen molar-refractivity contribution in [3.63, 3.8) is 0 Å². The van der Waals surface area contributed by atoms with E-state index in [-0.39, 0.29) is 5.41 Å². The van der Waals surface area contributed by atoms with Gasteiger partial charge < -0.3 is 5.73 Å². The van der Waals surface area contributed by atoms with Crippen LogP contribution in [0.4, 0.5) is 5.69 Å². The number of nitrogen functional groups attached to an aromatic ring is 1. The molecule has 0 aliphatic carbocycles. The summed E-state index contributed by atoms with van der Waals surface area (Å²) in [6.07, 6.45) is 1.09. The molecule has 0 fully saturated rings. The van der Waals surface area contributed by atoms with Crippen molar-refractivity contribution in [1.82, 2.24) is 0 Å². The number of nitrogens with two attached hydrogens (primary N) is 1. The fraction of sp³-hybridized carbons (Fsp3) is 0.294. The van der Waals surface area contributed by atoms with Gasteiger partial charge in [-0.3, -0.25) is 0 Å². The molecule has 2 N–H and O–H groups in total. The lowest BCUT2D eigenvalue weighted by Crippen LogP contribution is -2.18. The number of benzene rings is 2. The molecule has 0 atom stereocenters. The highest BCUT2D eigenvalue weighted by atomic mass is 14.5. The molecule has 0 radical (unpaired) electrons. The van der Waals surface area contributed by atoms with Crippen LogP contribution in [0.2, 0.25) is 0 Å². The minimum atomic E-state index is 0.0139.